The van der Waals surface area contributed by atoms with Gasteiger partial charge in [0.05, 0.1) is 8.45 Å². The Morgan fingerprint density at radius 2 is 2.33 bits per heavy atom. The van der Waals surface area contributed by atoms with Crippen LogP contribution in [0.15, 0.2) is 11.4 Å². The second-order valence-electron chi connectivity index (χ2n) is 3.92. The Morgan fingerprint density at radius 1 is 1.67 bits per heavy atom. The fraction of sp³-hybridized carbons (Fsp3) is 0.500. The monoisotopic (exact) mass is 401 g/mol. The molecular formula is C10H13BrINOS. The number of alkyl halides is 1. The summed E-state index contributed by atoms with van der Waals surface area (Å²) in [6.07, 6.45) is 0.917. The molecule has 0 aliphatic rings. The molecule has 0 bridgehead atoms. The topological polar surface area (TPSA) is 29.1 Å². The van der Waals surface area contributed by atoms with Crippen molar-refractivity contribution in [1.29, 1.82) is 0 Å². The molecule has 0 aliphatic heterocycles. The van der Waals surface area contributed by atoms with Crippen molar-refractivity contribution in [3.8, 4) is 0 Å². The van der Waals surface area contributed by atoms with Gasteiger partial charge in [0, 0.05) is 16.2 Å². The van der Waals surface area contributed by atoms with Gasteiger partial charge in [0.15, 0.2) is 0 Å². The first-order valence-corrected chi connectivity index (χ1v) is 7.65. The third-order valence-corrected chi connectivity index (χ3v) is 4.19. The first-order valence-electron chi connectivity index (χ1n) is 4.57. The van der Waals surface area contributed by atoms with E-state index in [9.17, 15) is 4.79 Å². The lowest BCUT2D eigenvalue weighted by Gasteiger charge is -2.25. The third-order valence-electron chi connectivity index (χ3n) is 2.00. The Kier molecular flexibility index (Phi) is 5.05. The largest absolute Gasteiger partial charge is 0.347 e. The quantitative estimate of drug-likeness (QED) is 0.605. The van der Waals surface area contributed by atoms with E-state index in [0.717, 1.165) is 20.2 Å². The summed E-state index contributed by atoms with van der Waals surface area (Å²) in [6.45, 7) is 4.06. The smallest absolute Gasteiger partial charge is 0.252 e. The number of thiophene rings is 1. The van der Waals surface area contributed by atoms with Crippen molar-refractivity contribution in [3.05, 3.63) is 19.9 Å². The molecule has 0 aliphatic carbocycles. The Morgan fingerprint density at radius 3 is 2.80 bits per heavy atom. The van der Waals surface area contributed by atoms with Gasteiger partial charge in [-0.05, 0) is 48.9 Å². The van der Waals surface area contributed by atoms with E-state index in [1.807, 2.05) is 25.3 Å². The molecule has 0 spiro atoms. The minimum absolute atomic E-state index is 0.0140. The first-order chi connectivity index (χ1) is 6.94. The molecule has 1 rings (SSSR count). The van der Waals surface area contributed by atoms with Crippen LogP contribution in [0.4, 0.5) is 0 Å². The molecule has 0 saturated heterocycles. The van der Waals surface area contributed by atoms with E-state index in [2.05, 4.69) is 43.8 Å². The van der Waals surface area contributed by atoms with E-state index in [1.54, 1.807) is 11.3 Å². The van der Waals surface area contributed by atoms with Crippen molar-refractivity contribution >= 4 is 55.8 Å². The van der Waals surface area contributed by atoms with Crippen LogP contribution in [0.2, 0.25) is 0 Å². The highest BCUT2D eigenvalue weighted by atomic mass is 127. The van der Waals surface area contributed by atoms with E-state index >= 15 is 0 Å². The van der Waals surface area contributed by atoms with Gasteiger partial charge in [-0.25, -0.2) is 0 Å². The Bertz CT molecular complexity index is 351. The maximum atomic E-state index is 11.8. The highest BCUT2D eigenvalue weighted by Crippen LogP contribution is 2.18. The van der Waals surface area contributed by atoms with Crippen LogP contribution in [-0.4, -0.2) is 16.8 Å². The van der Waals surface area contributed by atoms with Crippen molar-refractivity contribution in [1.82, 2.24) is 5.32 Å². The number of amides is 1. The molecule has 1 aromatic heterocycles. The van der Waals surface area contributed by atoms with Crippen molar-refractivity contribution in [3.63, 3.8) is 0 Å². The van der Waals surface area contributed by atoms with Crippen LogP contribution in [0.5, 0.6) is 0 Å². The van der Waals surface area contributed by atoms with E-state index < -0.39 is 0 Å². The lowest BCUT2D eigenvalue weighted by atomic mass is 10.0. The molecule has 0 aromatic carbocycles. The summed E-state index contributed by atoms with van der Waals surface area (Å²) in [5.74, 6) is 0.0140. The number of hydrogen-bond donors (Lipinski definition) is 1. The summed E-state index contributed by atoms with van der Waals surface area (Å²) in [4.78, 5) is 11.8. The molecular weight excluding hydrogens is 389 g/mol. The van der Waals surface area contributed by atoms with Crippen LogP contribution in [0.3, 0.4) is 0 Å². The normalized spacial score (nSPS) is 11.5. The molecule has 5 heteroatoms. The highest BCUT2D eigenvalue weighted by Gasteiger charge is 2.20. The number of carbonyl (C=O) groups excluding carboxylic acids is 1. The van der Waals surface area contributed by atoms with E-state index in [-0.39, 0.29) is 11.4 Å². The van der Waals surface area contributed by atoms with E-state index in [4.69, 9.17) is 0 Å². The summed E-state index contributed by atoms with van der Waals surface area (Å²) in [5.41, 5.74) is 0.598. The van der Waals surface area contributed by atoms with Gasteiger partial charge in [-0.15, -0.1) is 11.3 Å². The van der Waals surface area contributed by atoms with Gasteiger partial charge >= 0.3 is 0 Å². The maximum absolute atomic E-state index is 11.8. The summed E-state index contributed by atoms with van der Waals surface area (Å²) in [7, 11) is 0. The standard InChI is InChI=1S/C10H13BrINOS/c1-10(2,3-4-11)13-9(14)7-5-8(12)15-6-7/h5-6H,3-4H2,1-2H3,(H,13,14). The average Bonchev–Trinajstić information content (AvgIpc) is 2.50. The van der Waals surface area contributed by atoms with Gasteiger partial charge < -0.3 is 5.32 Å². The number of rotatable bonds is 4. The van der Waals surface area contributed by atoms with Crippen LogP contribution < -0.4 is 5.32 Å². The molecule has 15 heavy (non-hydrogen) atoms. The Balaban J connectivity index is 2.63. The van der Waals surface area contributed by atoms with Crippen molar-refractivity contribution in [2.45, 2.75) is 25.8 Å². The zero-order valence-electron chi connectivity index (χ0n) is 8.64. The molecule has 2 nitrogen and oxygen atoms in total. The second kappa shape index (κ2) is 5.63. The van der Waals surface area contributed by atoms with E-state index in [1.165, 1.54) is 0 Å². The lowest BCUT2D eigenvalue weighted by Crippen LogP contribution is -2.43. The molecule has 1 N–H and O–H groups in total. The van der Waals surface area contributed by atoms with Crippen molar-refractivity contribution < 1.29 is 4.79 Å². The number of nitrogens with one attached hydrogen (secondary N) is 1. The van der Waals surface area contributed by atoms with Crippen LogP contribution in [0, 0.1) is 2.88 Å². The Labute approximate surface area is 116 Å². The number of carbonyl (C=O) groups is 1. The van der Waals surface area contributed by atoms with Gasteiger partial charge in [0.2, 0.25) is 0 Å². The Hall–Kier alpha value is 0.380. The molecule has 0 saturated carbocycles. The fourth-order valence-electron chi connectivity index (χ4n) is 1.11. The average molecular weight is 402 g/mol. The van der Waals surface area contributed by atoms with Gasteiger partial charge in [-0.3, -0.25) is 4.79 Å². The van der Waals surface area contributed by atoms with Crippen LogP contribution in [0.1, 0.15) is 30.6 Å². The maximum Gasteiger partial charge on any atom is 0.252 e. The molecule has 1 amide bonds. The lowest BCUT2D eigenvalue weighted by molar-refractivity contribution is 0.0912. The summed E-state index contributed by atoms with van der Waals surface area (Å²) in [6, 6.07) is 1.91. The SMILES string of the molecule is CC(C)(CCBr)NC(=O)c1csc(I)c1. The minimum atomic E-state index is -0.159. The molecule has 0 unspecified atom stereocenters. The second-order valence-corrected chi connectivity index (χ2v) is 7.51. The molecule has 1 heterocycles. The number of halogens is 2. The van der Waals surface area contributed by atoms with Gasteiger partial charge in [0.25, 0.3) is 5.91 Å². The van der Waals surface area contributed by atoms with Crippen molar-refractivity contribution in [2.24, 2.45) is 0 Å². The fourth-order valence-corrected chi connectivity index (χ4v) is 3.43. The van der Waals surface area contributed by atoms with Gasteiger partial charge in [-0.2, -0.15) is 0 Å². The van der Waals surface area contributed by atoms with Crippen LogP contribution >= 0.6 is 49.9 Å². The molecule has 0 radical (unpaired) electrons. The minimum Gasteiger partial charge on any atom is -0.347 e. The first kappa shape index (κ1) is 13.4. The number of hydrogen-bond acceptors (Lipinski definition) is 2. The van der Waals surface area contributed by atoms with Crippen LogP contribution in [-0.2, 0) is 0 Å². The van der Waals surface area contributed by atoms with E-state index in [0.29, 0.717) is 0 Å². The van der Waals surface area contributed by atoms with Crippen LogP contribution in [0.25, 0.3) is 0 Å². The predicted octanol–water partition coefficient (Wildman–Crippen LogP) is 3.65. The molecule has 1 aromatic rings. The summed E-state index contributed by atoms with van der Waals surface area (Å²) < 4.78 is 1.14. The molecule has 0 atom stereocenters. The highest BCUT2D eigenvalue weighted by molar-refractivity contribution is 14.1. The van der Waals surface area contributed by atoms with Gasteiger partial charge in [0.1, 0.15) is 0 Å². The summed E-state index contributed by atoms with van der Waals surface area (Å²) in [5, 5.41) is 5.80. The van der Waals surface area contributed by atoms with Gasteiger partial charge in [-0.1, -0.05) is 15.9 Å². The molecule has 84 valence electrons. The zero-order chi connectivity index (χ0) is 11.5. The third kappa shape index (κ3) is 4.40. The van der Waals surface area contributed by atoms with Crippen molar-refractivity contribution in [2.75, 3.05) is 5.33 Å². The molecule has 0 fully saturated rings. The predicted molar refractivity (Wildman–Crippen MR) is 77.0 cm³/mol. The summed E-state index contributed by atoms with van der Waals surface area (Å²) >= 11 is 7.19. The zero-order valence-corrected chi connectivity index (χ0v) is 13.2.